The molecule has 0 bridgehead atoms. The van der Waals surface area contributed by atoms with Gasteiger partial charge in [-0.05, 0) is 30.3 Å². The summed E-state index contributed by atoms with van der Waals surface area (Å²) < 4.78 is 38.6. The van der Waals surface area contributed by atoms with Crippen LogP contribution >= 0.6 is 11.6 Å². The normalized spacial score (nSPS) is 12.1. The van der Waals surface area contributed by atoms with Crippen molar-refractivity contribution in [2.75, 3.05) is 5.32 Å². The van der Waals surface area contributed by atoms with E-state index in [0.29, 0.717) is 11.1 Å². The molecule has 3 aromatic rings. The molecule has 8 heteroatoms. The molecule has 0 aliphatic rings. The first kappa shape index (κ1) is 21.4. The fourth-order valence-corrected chi connectivity index (χ4v) is 2.94. The number of carbonyl (C=O) groups is 2. The number of carbonyl (C=O) groups excluding carboxylic acids is 2. The second-order valence-corrected chi connectivity index (χ2v) is 6.75. The number of benzene rings is 3. The Hall–Kier alpha value is -3.32. The molecule has 3 rings (SSSR count). The van der Waals surface area contributed by atoms with E-state index in [2.05, 4.69) is 10.6 Å². The number of anilines is 1. The van der Waals surface area contributed by atoms with Crippen LogP contribution < -0.4 is 10.6 Å². The molecule has 0 spiro atoms. The molecule has 0 saturated carbocycles. The van der Waals surface area contributed by atoms with Crippen molar-refractivity contribution in [2.24, 2.45) is 0 Å². The van der Waals surface area contributed by atoms with Gasteiger partial charge in [0, 0.05) is 11.1 Å². The zero-order valence-corrected chi connectivity index (χ0v) is 16.2. The van der Waals surface area contributed by atoms with E-state index in [0.717, 1.165) is 18.2 Å². The third-order valence-corrected chi connectivity index (χ3v) is 4.54. The van der Waals surface area contributed by atoms with Crippen LogP contribution in [0.4, 0.5) is 18.9 Å². The number of halogens is 4. The van der Waals surface area contributed by atoms with E-state index in [4.69, 9.17) is 11.6 Å². The van der Waals surface area contributed by atoms with Gasteiger partial charge in [0.25, 0.3) is 5.91 Å². The summed E-state index contributed by atoms with van der Waals surface area (Å²) in [4.78, 5) is 25.5. The predicted octanol–water partition coefficient (Wildman–Crippen LogP) is 5.41. The molecule has 0 aliphatic heterocycles. The van der Waals surface area contributed by atoms with Gasteiger partial charge in [-0.3, -0.25) is 9.59 Å². The summed E-state index contributed by atoms with van der Waals surface area (Å²) in [6, 6.07) is 19.1. The molecule has 4 nitrogen and oxygen atoms in total. The standard InChI is InChI=1S/C22H16ClF3N2O2/c23-17-13-16(22(24,25)26)11-12-18(17)27-20(19(29)14-7-3-1-4-8-14)28-21(30)15-9-5-2-6-10-15/h1-13,20,27H,(H,28,30)/t20-/m0/s1. The van der Waals surface area contributed by atoms with Gasteiger partial charge in [0.1, 0.15) is 0 Å². The lowest BCUT2D eigenvalue weighted by Gasteiger charge is -2.21. The number of alkyl halides is 3. The van der Waals surface area contributed by atoms with Crippen molar-refractivity contribution in [3.05, 3.63) is 101 Å². The van der Waals surface area contributed by atoms with Crippen LogP contribution in [0.1, 0.15) is 26.3 Å². The van der Waals surface area contributed by atoms with E-state index in [-0.39, 0.29) is 10.7 Å². The SMILES string of the molecule is O=C(N[C@H](Nc1ccc(C(F)(F)F)cc1Cl)C(=O)c1ccccc1)c1ccccc1. The summed E-state index contributed by atoms with van der Waals surface area (Å²) in [5, 5.41) is 5.08. The van der Waals surface area contributed by atoms with E-state index >= 15 is 0 Å². The van der Waals surface area contributed by atoms with E-state index in [1.54, 1.807) is 60.7 Å². The summed E-state index contributed by atoms with van der Waals surface area (Å²) in [6.45, 7) is 0. The van der Waals surface area contributed by atoms with Crippen LogP contribution in [-0.4, -0.2) is 17.9 Å². The molecule has 0 saturated heterocycles. The highest BCUT2D eigenvalue weighted by Crippen LogP contribution is 2.34. The monoisotopic (exact) mass is 432 g/mol. The number of amides is 1. The van der Waals surface area contributed by atoms with Gasteiger partial charge < -0.3 is 10.6 Å². The molecule has 3 aromatic carbocycles. The first-order chi connectivity index (χ1) is 14.3. The molecule has 0 radical (unpaired) electrons. The van der Waals surface area contributed by atoms with Crippen LogP contribution in [0.3, 0.4) is 0 Å². The first-order valence-corrected chi connectivity index (χ1v) is 9.22. The van der Waals surface area contributed by atoms with Crippen LogP contribution in [-0.2, 0) is 6.18 Å². The summed E-state index contributed by atoms with van der Waals surface area (Å²) in [7, 11) is 0. The zero-order valence-electron chi connectivity index (χ0n) is 15.4. The Morgan fingerprint density at radius 2 is 1.40 bits per heavy atom. The summed E-state index contributed by atoms with van der Waals surface area (Å²) in [5.74, 6) is -1.00. The number of nitrogens with one attached hydrogen (secondary N) is 2. The Kier molecular flexibility index (Phi) is 6.42. The van der Waals surface area contributed by atoms with E-state index in [1.807, 2.05) is 0 Å². The number of hydrogen-bond donors (Lipinski definition) is 2. The maximum atomic E-state index is 13.0. The van der Waals surface area contributed by atoms with Gasteiger partial charge in [-0.1, -0.05) is 60.1 Å². The fraction of sp³-hybridized carbons (Fsp3) is 0.0909. The van der Waals surface area contributed by atoms with Crippen LogP contribution in [0.25, 0.3) is 0 Å². The molecular formula is C22H16ClF3N2O2. The third-order valence-electron chi connectivity index (χ3n) is 4.23. The van der Waals surface area contributed by atoms with Gasteiger partial charge in [0.15, 0.2) is 6.17 Å². The quantitative estimate of drug-likeness (QED) is 0.404. The Bertz CT molecular complexity index is 1040. The number of rotatable bonds is 6. The maximum Gasteiger partial charge on any atom is 0.416 e. The summed E-state index contributed by atoms with van der Waals surface area (Å²) >= 11 is 6.00. The summed E-state index contributed by atoms with van der Waals surface area (Å²) in [5.41, 5.74) is -0.209. The Morgan fingerprint density at radius 3 is 1.93 bits per heavy atom. The van der Waals surface area contributed by atoms with Gasteiger partial charge in [0.05, 0.1) is 16.3 Å². The lowest BCUT2D eigenvalue weighted by atomic mass is 10.1. The Balaban J connectivity index is 1.89. The molecule has 0 heterocycles. The van der Waals surface area contributed by atoms with Crippen molar-refractivity contribution < 1.29 is 22.8 Å². The maximum absolute atomic E-state index is 13.0. The predicted molar refractivity (Wildman–Crippen MR) is 109 cm³/mol. The van der Waals surface area contributed by atoms with Gasteiger partial charge in [-0.25, -0.2) is 0 Å². The highest BCUT2D eigenvalue weighted by molar-refractivity contribution is 6.33. The molecule has 0 unspecified atom stereocenters. The lowest BCUT2D eigenvalue weighted by molar-refractivity contribution is -0.137. The van der Waals surface area contributed by atoms with Gasteiger partial charge in [-0.2, -0.15) is 13.2 Å². The van der Waals surface area contributed by atoms with E-state index < -0.39 is 29.6 Å². The highest BCUT2D eigenvalue weighted by atomic mass is 35.5. The van der Waals surface area contributed by atoms with Crippen LogP contribution in [0.2, 0.25) is 5.02 Å². The molecular weight excluding hydrogens is 417 g/mol. The van der Waals surface area contributed by atoms with Crippen molar-refractivity contribution in [3.8, 4) is 0 Å². The van der Waals surface area contributed by atoms with E-state index in [9.17, 15) is 22.8 Å². The molecule has 1 atom stereocenters. The average molecular weight is 433 g/mol. The smallest absolute Gasteiger partial charge is 0.358 e. The Labute approximate surface area is 175 Å². The molecule has 1 amide bonds. The van der Waals surface area contributed by atoms with Gasteiger partial charge >= 0.3 is 6.18 Å². The van der Waals surface area contributed by atoms with Crippen LogP contribution in [0.15, 0.2) is 78.9 Å². The number of ketones is 1. The molecule has 0 aromatic heterocycles. The Morgan fingerprint density at radius 1 is 0.833 bits per heavy atom. The lowest BCUT2D eigenvalue weighted by Crippen LogP contribution is -2.46. The number of Topliss-reactive ketones (excluding diaryl/α,β-unsaturated/α-hetero) is 1. The second kappa shape index (κ2) is 9.00. The van der Waals surface area contributed by atoms with Gasteiger partial charge in [-0.15, -0.1) is 0 Å². The average Bonchev–Trinajstić information content (AvgIpc) is 2.74. The minimum atomic E-state index is -4.55. The fourth-order valence-electron chi connectivity index (χ4n) is 2.70. The minimum Gasteiger partial charge on any atom is -0.358 e. The second-order valence-electron chi connectivity index (χ2n) is 6.34. The summed E-state index contributed by atoms with van der Waals surface area (Å²) in [6.07, 6.45) is -5.81. The molecule has 0 aliphatic carbocycles. The molecule has 2 N–H and O–H groups in total. The van der Waals surface area contributed by atoms with Crippen molar-refractivity contribution in [2.45, 2.75) is 12.3 Å². The van der Waals surface area contributed by atoms with Gasteiger partial charge in [0.2, 0.25) is 5.78 Å². The highest BCUT2D eigenvalue weighted by Gasteiger charge is 2.31. The van der Waals surface area contributed by atoms with Crippen molar-refractivity contribution in [1.82, 2.24) is 5.32 Å². The third kappa shape index (κ3) is 5.18. The molecule has 0 fully saturated rings. The number of hydrogen-bond acceptors (Lipinski definition) is 3. The zero-order chi connectivity index (χ0) is 21.7. The van der Waals surface area contributed by atoms with Crippen LogP contribution in [0.5, 0.6) is 0 Å². The van der Waals surface area contributed by atoms with Crippen LogP contribution in [0, 0.1) is 0 Å². The van der Waals surface area contributed by atoms with Crippen molar-refractivity contribution >= 4 is 29.0 Å². The van der Waals surface area contributed by atoms with E-state index in [1.165, 1.54) is 0 Å². The molecule has 30 heavy (non-hydrogen) atoms. The van der Waals surface area contributed by atoms with Crippen molar-refractivity contribution in [3.63, 3.8) is 0 Å². The molecule has 154 valence electrons. The largest absolute Gasteiger partial charge is 0.416 e. The first-order valence-electron chi connectivity index (χ1n) is 8.84. The minimum absolute atomic E-state index is 0.0762. The van der Waals surface area contributed by atoms with Crippen molar-refractivity contribution in [1.29, 1.82) is 0 Å². The topological polar surface area (TPSA) is 58.2 Å².